The number of hydrogen-bond acceptors (Lipinski definition) is 5. The molecule has 0 spiro atoms. The van der Waals surface area contributed by atoms with E-state index in [-0.39, 0.29) is 18.5 Å². The summed E-state index contributed by atoms with van der Waals surface area (Å²) < 4.78 is 5.49. The molecule has 0 radical (unpaired) electrons. The van der Waals surface area contributed by atoms with E-state index >= 15 is 0 Å². The molecule has 6 heteroatoms. The van der Waals surface area contributed by atoms with Crippen LogP contribution in [0.15, 0.2) is 24.3 Å². The average molecular weight is 1210 g/mol. The van der Waals surface area contributed by atoms with E-state index in [0.29, 0.717) is 25.9 Å². The van der Waals surface area contributed by atoms with Gasteiger partial charge in [0.1, 0.15) is 0 Å². The Morgan fingerprint density at radius 3 is 0.826 bits per heavy atom. The summed E-state index contributed by atoms with van der Waals surface area (Å²) in [4.78, 5) is 24.6. The van der Waals surface area contributed by atoms with Gasteiger partial charge in [-0.05, 0) is 77.0 Å². The Balaban J connectivity index is 3.34. The molecule has 0 aliphatic carbocycles. The van der Waals surface area contributed by atoms with E-state index in [2.05, 4.69) is 43.5 Å². The number of nitrogens with one attached hydrogen (secondary N) is 1. The lowest BCUT2D eigenvalue weighted by Crippen LogP contribution is -2.45. The number of aliphatic hydroxyl groups is 2. The van der Waals surface area contributed by atoms with Gasteiger partial charge in [0.15, 0.2) is 0 Å². The summed E-state index contributed by atoms with van der Waals surface area (Å²) in [6.45, 7) is 4.99. The fourth-order valence-corrected chi connectivity index (χ4v) is 12.7. The number of ether oxygens (including phenoxy) is 1. The van der Waals surface area contributed by atoms with Gasteiger partial charge in [0.25, 0.3) is 0 Å². The molecule has 510 valence electrons. The second-order valence-electron chi connectivity index (χ2n) is 27.4. The van der Waals surface area contributed by atoms with Gasteiger partial charge in [0.2, 0.25) is 5.91 Å². The molecule has 0 aromatic heterocycles. The van der Waals surface area contributed by atoms with Crippen molar-refractivity contribution in [1.29, 1.82) is 0 Å². The van der Waals surface area contributed by atoms with Gasteiger partial charge < -0.3 is 20.3 Å². The Labute approximate surface area is 539 Å². The Kier molecular flexibility index (Phi) is 74.3. The van der Waals surface area contributed by atoms with Crippen LogP contribution in [0.5, 0.6) is 0 Å². The van der Waals surface area contributed by atoms with Crippen molar-refractivity contribution in [2.24, 2.45) is 0 Å². The number of carbonyl (C=O) groups is 2. The molecule has 6 nitrogen and oxygen atoms in total. The Hall–Kier alpha value is -1.66. The van der Waals surface area contributed by atoms with Crippen LogP contribution in [-0.2, 0) is 14.3 Å². The molecule has 86 heavy (non-hydrogen) atoms. The van der Waals surface area contributed by atoms with Gasteiger partial charge in [0, 0.05) is 12.8 Å². The zero-order chi connectivity index (χ0) is 62.0. The first kappa shape index (κ1) is 84.3. The van der Waals surface area contributed by atoms with Crippen LogP contribution in [0.4, 0.5) is 0 Å². The maximum atomic E-state index is 12.6. The van der Waals surface area contributed by atoms with Crippen molar-refractivity contribution in [2.45, 2.75) is 463 Å². The molecule has 0 heterocycles. The van der Waals surface area contributed by atoms with Crippen molar-refractivity contribution in [3.8, 4) is 0 Å². The van der Waals surface area contributed by atoms with Gasteiger partial charge in [-0.25, -0.2) is 0 Å². The minimum absolute atomic E-state index is 0.0125. The van der Waals surface area contributed by atoms with Crippen LogP contribution in [0.3, 0.4) is 0 Å². The summed E-state index contributed by atoms with van der Waals surface area (Å²) in [6.07, 6.45) is 97.0. The van der Waals surface area contributed by atoms with Crippen molar-refractivity contribution in [2.75, 3.05) is 13.2 Å². The van der Waals surface area contributed by atoms with Gasteiger partial charge >= 0.3 is 5.97 Å². The molecule has 2 unspecified atom stereocenters. The summed E-state index contributed by atoms with van der Waals surface area (Å²) in [5.41, 5.74) is 0. The summed E-state index contributed by atoms with van der Waals surface area (Å²) in [7, 11) is 0. The predicted octanol–water partition coefficient (Wildman–Crippen LogP) is 26.0. The highest BCUT2D eigenvalue weighted by molar-refractivity contribution is 5.76. The monoisotopic (exact) mass is 1210 g/mol. The molecule has 0 aromatic carbocycles. The fraction of sp³-hybridized carbons (Fsp3) is 0.925. The first-order valence-electron chi connectivity index (χ1n) is 39.6. The highest BCUT2D eigenvalue weighted by Gasteiger charge is 2.20. The molecule has 3 N–H and O–H groups in total. The second-order valence-corrected chi connectivity index (χ2v) is 27.4. The van der Waals surface area contributed by atoms with E-state index in [1.807, 2.05) is 0 Å². The summed E-state index contributed by atoms with van der Waals surface area (Å²) >= 11 is 0. The lowest BCUT2D eigenvalue weighted by molar-refractivity contribution is -0.143. The van der Waals surface area contributed by atoms with Crippen LogP contribution in [0.2, 0.25) is 0 Å². The maximum absolute atomic E-state index is 12.6. The SMILES string of the molecule is CCCCCCC/C=C\CCCCCCCC(=O)OCCCCCCCCCCCCCCCC/C=C\CCCCCCCCCCCCCCCCCCCC(=O)NC(CO)C(O)CCCCCCCCCCCCCCCCCCCCCC. The molecule has 0 aliphatic heterocycles. The smallest absolute Gasteiger partial charge is 0.305 e. The van der Waals surface area contributed by atoms with E-state index in [4.69, 9.17) is 4.74 Å². The molecular weight excluding hydrogens is 1050 g/mol. The van der Waals surface area contributed by atoms with Gasteiger partial charge in [-0.15, -0.1) is 0 Å². The van der Waals surface area contributed by atoms with Crippen LogP contribution >= 0.6 is 0 Å². The molecule has 1 amide bonds. The number of carbonyl (C=O) groups excluding carboxylic acids is 2. The molecule has 0 saturated carbocycles. The minimum atomic E-state index is -0.662. The number of aliphatic hydroxyl groups excluding tert-OH is 2. The van der Waals surface area contributed by atoms with Crippen molar-refractivity contribution in [3.05, 3.63) is 24.3 Å². The van der Waals surface area contributed by atoms with Crippen LogP contribution in [-0.4, -0.2) is 47.4 Å². The first-order valence-corrected chi connectivity index (χ1v) is 39.6. The molecular formula is C80H155NO5. The number of rotatable bonds is 75. The standard InChI is InChI=1S/C80H155NO5/c1-3-5-7-9-11-13-15-17-19-20-21-39-42-45-48-52-56-60-64-68-72-78(83)77(76-82)81-79(84)73-69-65-61-57-53-49-46-43-40-37-35-33-31-29-27-25-23-22-24-26-28-30-32-34-36-38-41-44-47-51-55-59-63-67-71-75-86-80(85)74-70-66-62-58-54-50-18-16-14-12-10-8-6-4-2/h16,18,24,26,77-78,82-83H,3-15,17,19-23,25,27-76H2,1-2H3,(H,81,84)/b18-16-,26-24-. The molecule has 0 bridgehead atoms. The predicted molar refractivity (Wildman–Crippen MR) is 380 cm³/mol. The maximum Gasteiger partial charge on any atom is 0.305 e. The summed E-state index contributed by atoms with van der Waals surface area (Å²) in [5.74, 6) is -0.0138. The van der Waals surface area contributed by atoms with Gasteiger partial charge in [0.05, 0.1) is 25.4 Å². The Morgan fingerprint density at radius 1 is 0.314 bits per heavy atom. The highest BCUT2D eigenvalue weighted by atomic mass is 16.5. The molecule has 0 aliphatic rings. The number of allylic oxidation sites excluding steroid dienone is 4. The van der Waals surface area contributed by atoms with Gasteiger partial charge in [-0.1, -0.05) is 385 Å². The normalized spacial score (nSPS) is 12.6. The molecule has 0 saturated heterocycles. The molecule has 0 aromatic rings. The van der Waals surface area contributed by atoms with Crippen molar-refractivity contribution in [3.63, 3.8) is 0 Å². The average Bonchev–Trinajstić information content (AvgIpc) is 3.54. The lowest BCUT2D eigenvalue weighted by atomic mass is 10.0. The zero-order valence-electron chi connectivity index (χ0n) is 58.6. The quantitative estimate of drug-likeness (QED) is 0.0320. The van der Waals surface area contributed by atoms with E-state index in [0.717, 1.165) is 44.9 Å². The Morgan fingerprint density at radius 2 is 0.547 bits per heavy atom. The van der Waals surface area contributed by atoms with Crippen LogP contribution in [0.1, 0.15) is 450 Å². The van der Waals surface area contributed by atoms with Crippen LogP contribution < -0.4 is 5.32 Å². The summed E-state index contributed by atoms with van der Waals surface area (Å²) in [5, 5.41) is 23.4. The first-order chi connectivity index (χ1) is 42.5. The second kappa shape index (κ2) is 75.8. The lowest BCUT2D eigenvalue weighted by Gasteiger charge is -2.22. The van der Waals surface area contributed by atoms with E-state index < -0.39 is 12.1 Å². The summed E-state index contributed by atoms with van der Waals surface area (Å²) in [6, 6.07) is -0.539. The van der Waals surface area contributed by atoms with E-state index in [1.54, 1.807) is 0 Å². The number of unbranched alkanes of at least 4 members (excludes halogenated alkanes) is 60. The fourth-order valence-electron chi connectivity index (χ4n) is 12.7. The Bertz CT molecular complexity index is 1350. The van der Waals surface area contributed by atoms with Gasteiger partial charge in [-0.3, -0.25) is 9.59 Å². The highest BCUT2D eigenvalue weighted by Crippen LogP contribution is 2.20. The molecule has 0 fully saturated rings. The molecule has 2 atom stereocenters. The van der Waals surface area contributed by atoms with Gasteiger partial charge in [-0.2, -0.15) is 0 Å². The van der Waals surface area contributed by atoms with Crippen LogP contribution in [0, 0.1) is 0 Å². The van der Waals surface area contributed by atoms with Crippen LogP contribution in [0.25, 0.3) is 0 Å². The van der Waals surface area contributed by atoms with Crippen molar-refractivity contribution < 1.29 is 24.5 Å². The van der Waals surface area contributed by atoms with Crippen molar-refractivity contribution in [1.82, 2.24) is 5.32 Å². The zero-order valence-corrected chi connectivity index (χ0v) is 58.6. The minimum Gasteiger partial charge on any atom is -0.466 e. The number of esters is 1. The van der Waals surface area contributed by atoms with Crippen molar-refractivity contribution >= 4 is 11.9 Å². The topological polar surface area (TPSA) is 95.9 Å². The molecule has 0 rings (SSSR count). The van der Waals surface area contributed by atoms with E-state index in [1.165, 1.54) is 372 Å². The largest absolute Gasteiger partial charge is 0.466 e. The number of amides is 1. The third kappa shape index (κ3) is 71.4. The third-order valence-electron chi connectivity index (χ3n) is 18.7. The third-order valence-corrected chi connectivity index (χ3v) is 18.7. The van der Waals surface area contributed by atoms with E-state index in [9.17, 15) is 19.8 Å². The number of hydrogen-bond donors (Lipinski definition) is 3.